The number of aryl methyl sites for hydroxylation is 1. The SMILES string of the molecule is Cc1nsc2c(=O)n(NC(=O)Cc3ccc(F)cc3)c(C(C)(F)F)nc12. The minimum Gasteiger partial charge on any atom is -0.273 e. The van der Waals surface area contributed by atoms with Crippen LogP contribution in [-0.4, -0.2) is 19.9 Å². The highest BCUT2D eigenvalue weighted by Gasteiger charge is 2.33. The fourth-order valence-electron chi connectivity index (χ4n) is 2.34. The number of fused-ring (bicyclic) bond motifs is 1. The first-order valence-electron chi connectivity index (χ1n) is 7.48. The summed E-state index contributed by atoms with van der Waals surface area (Å²) in [5.41, 5.74) is 2.23. The van der Waals surface area contributed by atoms with Crippen LogP contribution in [-0.2, 0) is 17.1 Å². The molecule has 3 aromatic rings. The predicted octanol–water partition coefficient (Wildman–Crippen LogP) is 2.73. The van der Waals surface area contributed by atoms with Gasteiger partial charge in [0, 0.05) is 6.92 Å². The maximum Gasteiger partial charge on any atom is 0.303 e. The highest BCUT2D eigenvalue weighted by molar-refractivity contribution is 7.13. The van der Waals surface area contributed by atoms with Crippen molar-refractivity contribution in [3.63, 3.8) is 0 Å². The van der Waals surface area contributed by atoms with Gasteiger partial charge in [0.1, 0.15) is 16.0 Å². The van der Waals surface area contributed by atoms with Crippen LogP contribution in [0.4, 0.5) is 13.2 Å². The largest absolute Gasteiger partial charge is 0.303 e. The molecule has 0 radical (unpaired) electrons. The van der Waals surface area contributed by atoms with Crippen LogP contribution in [0.25, 0.3) is 10.2 Å². The highest BCUT2D eigenvalue weighted by Crippen LogP contribution is 2.26. The molecule has 1 aromatic carbocycles. The number of nitrogens with zero attached hydrogens (tertiary/aromatic N) is 3. The molecule has 10 heteroatoms. The van der Waals surface area contributed by atoms with Crippen LogP contribution in [0.1, 0.15) is 24.0 Å². The number of benzene rings is 1. The molecule has 0 aliphatic rings. The topological polar surface area (TPSA) is 76.9 Å². The maximum atomic E-state index is 14.0. The first-order valence-corrected chi connectivity index (χ1v) is 8.26. The highest BCUT2D eigenvalue weighted by atomic mass is 32.1. The Balaban J connectivity index is 2.00. The van der Waals surface area contributed by atoms with Gasteiger partial charge in [-0.1, -0.05) is 12.1 Å². The van der Waals surface area contributed by atoms with E-state index in [1.54, 1.807) is 6.92 Å². The fourth-order valence-corrected chi connectivity index (χ4v) is 3.10. The summed E-state index contributed by atoms with van der Waals surface area (Å²) in [6, 6.07) is 5.13. The fraction of sp³-hybridized carbons (Fsp3) is 0.250. The molecule has 26 heavy (non-hydrogen) atoms. The van der Waals surface area contributed by atoms with Gasteiger partial charge in [0.25, 0.3) is 5.56 Å². The lowest BCUT2D eigenvalue weighted by Crippen LogP contribution is -2.39. The number of hydrogen-bond acceptors (Lipinski definition) is 5. The van der Waals surface area contributed by atoms with E-state index in [0.29, 0.717) is 22.9 Å². The van der Waals surface area contributed by atoms with Crippen LogP contribution in [0.15, 0.2) is 29.1 Å². The van der Waals surface area contributed by atoms with Crippen LogP contribution in [0.5, 0.6) is 0 Å². The van der Waals surface area contributed by atoms with Gasteiger partial charge in [-0.05, 0) is 36.2 Å². The van der Waals surface area contributed by atoms with Crippen LogP contribution in [0, 0.1) is 12.7 Å². The number of halogens is 3. The number of rotatable bonds is 4. The van der Waals surface area contributed by atoms with E-state index < -0.39 is 29.0 Å². The number of alkyl halides is 2. The Morgan fingerprint density at radius 1 is 1.31 bits per heavy atom. The molecular formula is C16H13F3N4O2S. The van der Waals surface area contributed by atoms with Gasteiger partial charge in [0.2, 0.25) is 11.7 Å². The number of aromatic nitrogens is 3. The molecule has 2 heterocycles. The average molecular weight is 382 g/mol. The number of carbonyl (C=O) groups is 1. The van der Waals surface area contributed by atoms with Gasteiger partial charge in [-0.3, -0.25) is 15.0 Å². The van der Waals surface area contributed by atoms with Gasteiger partial charge in [-0.25, -0.2) is 9.37 Å². The molecule has 0 spiro atoms. The molecule has 0 unspecified atom stereocenters. The Bertz CT molecular complexity index is 1040. The zero-order valence-corrected chi connectivity index (χ0v) is 14.5. The summed E-state index contributed by atoms with van der Waals surface area (Å²) in [6.07, 6.45) is -0.221. The lowest BCUT2D eigenvalue weighted by molar-refractivity contribution is -0.116. The molecule has 0 aliphatic heterocycles. The van der Waals surface area contributed by atoms with Crippen molar-refractivity contribution in [2.24, 2.45) is 0 Å². The van der Waals surface area contributed by atoms with Crippen molar-refractivity contribution >= 4 is 27.7 Å². The van der Waals surface area contributed by atoms with Crippen molar-refractivity contribution in [2.75, 3.05) is 5.43 Å². The van der Waals surface area contributed by atoms with Gasteiger partial charge in [0.15, 0.2) is 0 Å². The normalized spacial score (nSPS) is 11.7. The predicted molar refractivity (Wildman–Crippen MR) is 90.5 cm³/mol. The van der Waals surface area contributed by atoms with Gasteiger partial charge < -0.3 is 0 Å². The quantitative estimate of drug-likeness (QED) is 0.753. The number of nitrogens with one attached hydrogen (secondary N) is 1. The molecular weight excluding hydrogens is 369 g/mol. The first-order chi connectivity index (χ1) is 12.2. The summed E-state index contributed by atoms with van der Waals surface area (Å²) in [7, 11) is 0. The van der Waals surface area contributed by atoms with Crippen molar-refractivity contribution in [1.29, 1.82) is 0 Å². The molecule has 1 N–H and O–H groups in total. The second-order valence-electron chi connectivity index (χ2n) is 5.75. The van der Waals surface area contributed by atoms with Crippen LogP contribution >= 0.6 is 11.5 Å². The summed E-state index contributed by atoms with van der Waals surface area (Å²) in [5, 5.41) is 0. The van der Waals surface area contributed by atoms with Crippen LogP contribution in [0.3, 0.4) is 0 Å². The Hall–Kier alpha value is -2.75. The van der Waals surface area contributed by atoms with Gasteiger partial charge in [0.05, 0.1) is 12.1 Å². The number of amides is 1. The Kier molecular flexibility index (Phi) is 4.53. The van der Waals surface area contributed by atoms with Crippen LogP contribution < -0.4 is 11.0 Å². The average Bonchev–Trinajstić information content (AvgIpc) is 2.92. The van der Waals surface area contributed by atoms with E-state index >= 15 is 0 Å². The standard InChI is InChI=1S/C16H13F3N4O2S/c1-8-12-13(26-22-8)14(25)23(15(20-12)16(2,18)19)21-11(24)7-9-3-5-10(17)6-4-9/h3-6H,7H2,1-2H3,(H,21,24). The molecule has 0 saturated carbocycles. The van der Waals surface area contributed by atoms with E-state index in [0.717, 1.165) is 11.5 Å². The molecule has 0 bridgehead atoms. The molecule has 0 atom stereocenters. The second-order valence-corrected chi connectivity index (χ2v) is 6.52. The third kappa shape index (κ3) is 3.45. The molecule has 6 nitrogen and oxygen atoms in total. The minimum atomic E-state index is -3.47. The molecule has 136 valence electrons. The van der Waals surface area contributed by atoms with E-state index in [9.17, 15) is 22.8 Å². The van der Waals surface area contributed by atoms with E-state index in [-0.39, 0.29) is 16.6 Å². The van der Waals surface area contributed by atoms with Crippen molar-refractivity contribution in [2.45, 2.75) is 26.2 Å². The van der Waals surface area contributed by atoms with Gasteiger partial charge >= 0.3 is 5.92 Å². The summed E-state index contributed by atoms with van der Waals surface area (Å²) < 4.78 is 45.3. The lowest BCUT2D eigenvalue weighted by Gasteiger charge is -2.17. The Labute approximate surface area is 149 Å². The Morgan fingerprint density at radius 3 is 2.58 bits per heavy atom. The smallest absolute Gasteiger partial charge is 0.273 e. The lowest BCUT2D eigenvalue weighted by atomic mass is 10.1. The second kappa shape index (κ2) is 6.52. The van der Waals surface area contributed by atoms with Gasteiger partial charge in [-0.2, -0.15) is 17.8 Å². The first kappa shape index (κ1) is 18.1. The molecule has 0 fully saturated rings. The van der Waals surface area contributed by atoms with E-state index in [2.05, 4.69) is 14.8 Å². The van der Waals surface area contributed by atoms with Crippen LogP contribution in [0.2, 0.25) is 0 Å². The van der Waals surface area contributed by atoms with Crippen molar-refractivity contribution in [1.82, 2.24) is 14.0 Å². The maximum absolute atomic E-state index is 14.0. The molecule has 0 saturated heterocycles. The zero-order valence-electron chi connectivity index (χ0n) is 13.7. The van der Waals surface area contributed by atoms with E-state index in [4.69, 9.17) is 0 Å². The monoisotopic (exact) mass is 382 g/mol. The summed E-state index contributed by atoms with van der Waals surface area (Å²) in [5.74, 6) is -5.53. The minimum absolute atomic E-state index is 0.0672. The number of carbonyl (C=O) groups excluding carboxylic acids is 1. The summed E-state index contributed by atoms with van der Waals surface area (Å²) in [4.78, 5) is 28.6. The number of hydrogen-bond donors (Lipinski definition) is 1. The Morgan fingerprint density at radius 2 is 1.96 bits per heavy atom. The molecule has 0 aliphatic carbocycles. The summed E-state index contributed by atoms with van der Waals surface area (Å²) in [6.45, 7) is 2.14. The van der Waals surface area contributed by atoms with E-state index in [1.165, 1.54) is 24.3 Å². The van der Waals surface area contributed by atoms with E-state index in [1.807, 2.05) is 0 Å². The summed E-state index contributed by atoms with van der Waals surface area (Å²) >= 11 is 0.823. The molecule has 3 rings (SSSR count). The van der Waals surface area contributed by atoms with Crippen molar-refractivity contribution in [3.05, 3.63) is 57.5 Å². The zero-order chi connectivity index (χ0) is 19.1. The van der Waals surface area contributed by atoms with Gasteiger partial charge in [-0.15, -0.1) is 0 Å². The third-order valence-corrected chi connectivity index (χ3v) is 4.48. The third-order valence-electron chi connectivity index (χ3n) is 3.57. The van der Waals surface area contributed by atoms with Crippen molar-refractivity contribution in [3.8, 4) is 0 Å². The van der Waals surface area contributed by atoms with Crippen molar-refractivity contribution < 1.29 is 18.0 Å². The molecule has 1 amide bonds. The molecule has 2 aromatic heterocycles.